The largest absolute Gasteiger partial charge is 0.493 e. The topological polar surface area (TPSA) is 52.5 Å². The van der Waals surface area contributed by atoms with Crippen molar-refractivity contribution in [1.82, 2.24) is 4.90 Å². The van der Waals surface area contributed by atoms with E-state index in [2.05, 4.69) is 31.0 Å². The van der Waals surface area contributed by atoms with Gasteiger partial charge in [-0.25, -0.2) is 4.99 Å². The highest BCUT2D eigenvalue weighted by molar-refractivity contribution is 9.10. The molecule has 3 aromatic carbocycles. The van der Waals surface area contributed by atoms with Gasteiger partial charge >= 0.3 is 13.2 Å². The molecule has 0 aromatic heterocycles. The number of hydrogen-bond acceptors (Lipinski definition) is 7. The second kappa shape index (κ2) is 13.2. The summed E-state index contributed by atoms with van der Waals surface area (Å²) in [5.74, 6) is 0.298. The van der Waals surface area contributed by atoms with Crippen LogP contribution in [0.3, 0.4) is 0 Å². The first-order valence-electron chi connectivity index (χ1n) is 14.0. The van der Waals surface area contributed by atoms with Crippen molar-refractivity contribution in [1.29, 1.82) is 0 Å². The number of halogens is 5. The van der Waals surface area contributed by atoms with E-state index in [1.165, 1.54) is 38.1 Å². The zero-order valence-corrected chi connectivity index (χ0v) is 26.5. The third-order valence-corrected chi connectivity index (χ3v) is 9.01. The van der Waals surface area contributed by atoms with Crippen molar-refractivity contribution in [2.24, 2.45) is 4.99 Å². The van der Waals surface area contributed by atoms with Gasteiger partial charge in [-0.2, -0.15) is 17.6 Å². The van der Waals surface area contributed by atoms with Gasteiger partial charge in [0.05, 0.1) is 31.7 Å². The Morgan fingerprint density at radius 1 is 0.867 bits per heavy atom. The number of benzene rings is 3. The lowest BCUT2D eigenvalue weighted by Crippen LogP contribution is -2.34. The van der Waals surface area contributed by atoms with Crippen molar-refractivity contribution < 1.29 is 36.5 Å². The van der Waals surface area contributed by atoms with Crippen molar-refractivity contribution in [3.05, 3.63) is 104 Å². The van der Waals surface area contributed by atoms with Gasteiger partial charge in [0.25, 0.3) is 0 Å². The highest BCUT2D eigenvalue weighted by atomic mass is 79.9. The number of allylic oxidation sites excluding steroid dienone is 1. The third-order valence-electron chi connectivity index (χ3n) is 7.64. The van der Waals surface area contributed by atoms with Gasteiger partial charge in [-0.3, -0.25) is 0 Å². The number of methoxy groups -OCH3 is 2. The number of alkyl halides is 4. The average molecular weight is 704 g/mol. The summed E-state index contributed by atoms with van der Waals surface area (Å²) in [7, 11) is 2.82. The Bertz CT molecular complexity index is 1730. The first kappa shape index (κ1) is 31.1. The average Bonchev–Trinajstić information content (AvgIpc) is 3.44. The molecule has 6 nitrogen and oxygen atoms in total. The summed E-state index contributed by atoms with van der Waals surface area (Å²) < 4.78 is 73.1. The van der Waals surface area contributed by atoms with E-state index in [1.54, 1.807) is 24.3 Å². The summed E-state index contributed by atoms with van der Waals surface area (Å²) >= 11 is 5.02. The highest BCUT2D eigenvalue weighted by Gasteiger charge is 2.40. The lowest BCUT2D eigenvalue weighted by atomic mass is 9.82. The van der Waals surface area contributed by atoms with Crippen LogP contribution < -0.4 is 18.9 Å². The molecule has 0 saturated heterocycles. The maximum atomic E-state index is 13.1. The minimum Gasteiger partial charge on any atom is -0.493 e. The molecule has 0 fully saturated rings. The highest BCUT2D eigenvalue weighted by Crippen LogP contribution is 2.52. The number of rotatable bonds is 9. The number of amidine groups is 1. The fourth-order valence-corrected chi connectivity index (χ4v) is 6.96. The molecule has 0 saturated carbocycles. The summed E-state index contributed by atoms with van der Waals surface area (Å²) in [5.41, 5.74) is 6.43. The van der Waals surface area contributed by atoms with Crippen LogP contribution in [0.2, 0.25) is 0 Å². The minimum atomic E-state index is -2.99. The van der Waals surface area contributed by atoms with E-state index in [0.717, 1.165) is 68.1 Å². The Balaban J connectivity index is 1.46. The Morgan fingerprint density at radius 2 is 1.53 bits per heavy atom. The van der Waals surface area contributed by atoms with Crippen LogP contribution in [0.1, 0.15) is 42.0 Å². The Labute approximate surface area is 270 Å². The second-order valence-corrected chi connectivity index (χ2v) is 12.0. The fourth-order valence-electron chi connectivity index (χ4n) is 5.76. The predicted octanol–water partition coefficient (Wildman–Crippen LogP) is 9.65. The van der Waals surface area contributed by atoms with E-state index in [1.807, 2.05) is 30.3 Å². The van der Waals surface area contributed by atoms with E-state index in [-0.39, 0.29) is 29.0 Å². The summed E-state index contributed by atoms with van der Waals surface area (Å²) in [5, 5.41) is 2.84. The summed E-state index contributed by atoms with van der Waals surface area (Å²) in [4.78, 5) is 7.33. The molecule has 0 amide bonds. The Kier molecular flexibility index (Phi) is 9.14. The molecule has 3 aromatic rings. The molecule has 3 aliphatic rings. The van der Waals surface area contributed by atoms with Crippen LogP contribution in [-0.2, 0) is 0 Å². The van der Waals surface area contributed by atoms with Crippen LogP contribution in [0.25, 0.3) is 11.8 Å². The lowest BCUT2D eigenvalue weighted by Gasteiger charge is -2.40. The molecule has 0 bridgehead atoms. The van der Waals surface area contributed by atoms with Crippen LogP contribution in [0, 0.1) is 0 Å². The second-order valence-electron chi connectivity index (χ2n) is 10.3. The van der Waals surface area contributed by atoms with Crippen LogP contribution in [0.5, 0.6) is 23.0 Å². The molecular weight excluding hydrogens is 676 g/mol. The number of aliphatic imine (C=N–C) groups is 1. The maximum Gasteiger partial charge on any atom is 0.387 e. The SMILES string of the molecule is COc1cc(/C=C2\CCCC3=C2N=C2SC=C(c4ccc(Br)cc4)N2[C@H]3c2ccc(OC(F)F)c(OC)c2)ccc1OC(F)F. The zero-order chi connectivity index (χ0) is 31.7. The molecule has 0 unspecified atom stereocenters. The quantitative estimate of drug-likeness (QED) is 0.207. The van der Waals surface area contributed by atoms with Crippen LogP contribution in [0.15, 0.2) is 92.4 Å². The van der Waals surface area contributed by atoms with Gasteiger partial charge in [-0.15, -0.1) is 0 Å². The lowest BCUT2D eigenvalue weighted by molar-refractivity contribution is -0.0518. The minimum absolute atomic E-state index is 0.0473. The summed E-state index contributed by atoms with van der Waals surface area (Å²) in [6.07, 6.45) is 4.34. The first-order chi connectivity index (χ1) is 21.7. The van der Waals surface area contributed by atoms with E-state index in [4.69, 9.17) is 19.2 Å². The van der Waals surface area contributed by atoms with Crippen molar-refractivity contribution in [3.8, 4) is 23.0 Å². The van der Waals surface area contributed by atoms with Gasteiger partial charge in [0.2, 0.25) is 0 Å². The monoisotopic (exact) mass is 702 g/mol. The van der Waals surface area contributed by atoms with Gasteiger partial charge in [0.15, 0.2) is 28.2 Å². The van der Waals surface area contributed by atoms with Crippen molar-refractivity contribution in [2.75, 3.05) is 14.2 Å². The smallest absolute Gasteiger partial charge is 0.387 e. The molecule has 1 aliphatic carbocycles. The summed E-state index contributed by atoms with van der Waals surface area (Å²) in [6.45, 7) is -5.96. The van der Waals surface area contributed by atoms with Crippen LogP contribution >= 0.6 is 27.7 Å². The van der Waals surface area contributed by atoms with E-state index < -0.39 is 13.2 Å². The molecule has 12 heteroatoms. The predicted molar refractivity (Wildman–Crippen MR) is 170 cm³/mol. The van der Waals surface area contributed by atoms with Crippen molar-refractivity contribution >= 4 is 44.6 Å². The van der Waals surface area contributed by atoms with Crippen LogP contribution in [0.4, 0.5) is 17.6 Å². The van der Waals surface area contributed by atoms with Crippen molar-refractivity contribution in [3.63, 3.8) is 0 Å². The molecule has 45 heavy (non-hydrogen) atoms. The number of fused-ring (bicyclic) bond motifs is 1. The molecule has 2 heterocycles. The Hall–Kier alpha value is -3.90. The molecule has 2 aliphatic heterocycles. The van der Waals surface area contributed by atoms with E-state index in [0.29, 0.717) is 0 Å². The van der Waals surface area contributed by atoms with E-state index in [9.17, 15) is 17.6 Å². The zero-order valence-electron chi connectivity index (χ0n) is 24.1. The molecule has 6 rings (SSSR count). The number of nitrogens with zero attached hydrogens (tertiary/aromatic N) is 2. The van der Waals surface area contributed by atoms with Gasteiger partial charge in [0.1, 0.15) is 0 Å². The van der Waals surface area contributed by atoms with E-state index >= 15 is 0 Å². The van der Waals surface area contributed by atoms with Gasteiger partial charge in [0, 0.05) is 9.88 Å². The normalized spacial score (nSPS) is 18.6. The van der Waals surface area contributed by atoms with Crippen LogP contribution in [-0.4, -0.2) is 37.5 Å². The summed E-state index contributed by atoms with van der Waals surface area (Å²) in [6, 6.07) is 17.5. The molecule has 0 radical (unpaired) electrons. The molecule has 234 valence electrons. The standard InChI is InChI=1S/C33H27BrF4N2O4S/c1-41-27-15-18(6-12-25(27)43-31(35)36)14-20-4-3-5-23-29(20)39-33-40(24(17-45-33)19-7-10-22(34)11-8-19)30(23)21-9-13-26(44-32(37)38)28(16-21)42-2/h6-17,30-32H,3-5H2,1-2H3/b20-14+/t30-/m0/s1. The molecule has 0 spiro atoms. The Morgan fingerprint density at radius 3 is 2.20 bits per heavy atom. The number of thioether (sulfide) groups is 1. The molecular formula is C33H27BrF4N2O4S. The van der Waals surface area contributed by atoms with Gasteiger partial charge in [-0.05, 0) is 89.6 Å². The number of ether oxygens (including phenoxy) is 4. The first-order valence-corrected chi connectivity index (χ1v) is 15.6. The van der Waals surface area contributed by atoms with Gasteiger partial charge in [-0.1, -0.05) is 52.0 Å². The third kappa shape index (κ3) is 6.44. The van der Waals surface area contributed by atoms with Crippen molar-refractivity contribution in [2.45, 2.75) is 38.5 Å². The fraction of sp³-hybridized carbons (Fsp3) is 0.242. The maximum absolute atomic E-state index is 13.1. The molecule has 0 N–H and O–H groups in total. The number of hydrogen-bond donors (Lipinski definition) is 0. The van der Waals surface area contributed by atoms with Gasteiger partial charge < -0.3 is 23.8 Å². The molecule has 1 atom stereocenters.